The second-order valence-corrected chi connectivity index (χ2v) is 11.1. The molecule has 4 nitrogen and oxygen atoms in total. The molecule has 0 saturated heterocycles. The first-order valence-electron chi connectivity index (χ1n) is 13.0. The van der Waals surface area contributed by atoms with Crippen LogP contribution in [0.25, 0.3) is 0 Å². The standard InChI is InChI=1S/C34H30O4/c1-33(2,3)34-26-20-12-10-18-24(26)28(25-19-11-13-21-27(25)34)29(37-31(35)22-14-6-4-7-15-22)30(34)38-32(36)23-16-8-5-9-17-23/h4-21,28-30H,1-3H3. The van der Waals surface area contributed by atoms with Gasteiger partial charge in [0.1, 0.15) is 0 Å². The maximum Gasteiger partial charge on any atom is 0.338 e. The summed E-state index contributed by atoms with van der Waals surface area (Å²) in [6.07, 6.45) is -1.45. The average Bonchev–Trinajstić information content (AvgIpc) is 2.94. The number of rotatable bonds is 4. The summed E-state index contributed by atoms with van der Waals surface area (Å²) in [5.74, 6) is -1.13. The van der Waals surface area contributed by atoms with Crippen molar-refractivity contribution >= 4 is 11.9 Å². The van der Waals surface area contributed by atoms with Gasteiger partial charge in [0.2, 0.25) is 0 Å². The Labute approximate surface area is 223 Å². The van der Waals surface area contributed by atoms with Gasteiger partial charge in [-0.2, -0.15) is 0 Å². The van der Waals surface area contributed by atoms with Gasteiger partial charge in [-0.1, -0.05) is 106 Å². The Bertz CT molecular complexity index is 1450. The summed E-state index contributed by atoms with van der Waals surface area (Å²) in [5.41, 5.74) is 4.24. The lowest BCUT2D eigenvalue weighted by Gasteiger charge is -2.61. The molecule has 0 heterocycles. The SMILES string of the molecule is CC(C)(C)C12c3ccccc3C(c3ccccc31)C(OC(=O)c1ccccc1)C2OC(=O)c1ccccc1. The average molecular weight is 503 g/mol. The van der Waals surface area contributed by atoms with Crippen LogP contribution < -0.4 is 0 Å². The third kappa shape index (κ3) is 3.51. The molecule has 3 aliphatic rings. The summed E-state index contributed by atoms with van der Waals surface area (Å²) in [6.45, 7) is 6.52. The summed E-state index contributed by atoms with van der Waals surface area (Å²) in [4.78, 5) is 27.1. The van der Waals surface area contributed by atoms with Crippen LogP contribution in [0.2, 0.25) is 0 Å². The van der Waals surface area contributed by atoms with E-state index in [0.29, 0.717) is 11.1 Å². The normalized spacial score (nSPS) is 23.2. The fraction of sp³-hybridized carbons (Fsp3) is 0.235. The van der Waals surface area contributed by atoms with Gasteiger partial charge in [-0.05, 0) is 51.9 Å². The molecule has 2 unspecified atom stereocenters. The van der Waals surface area contributed by atoms with Gasteiger partial charge in [0.15, 0.2) is 12.2 Å². The van der Waals surface area contributed by atoms with Crippen molar-refractivity contribution in [1.82, 2.24) is 0 Å². The van der Waals surface area contributed by atoms with E-state index in [2.05, 4.69) is 45.0 Å². The Morgan fingerprint density at radius 1 is 0.605 bits per heavy atom. The quantitative estimate of drug-likeness (QED) is 0.284. The Kier molecular flexibility index (Phi) is 5.71. The summed E-state index contributed by atoms with van der Waals surface area (Å²) in [7, 11) is 0. The zero-order chi connectivity index (χ0) is 26.5. The van der Waals surface area contributed by atoms with Crippen LogP contribution >= 0.6 is 0 Å². The first-order valence-corrected chi connectivity index (χ1v) is 13.0. The van der Waals surface area contributed by atoms with Crippen molar-refractivity contribution in [3.63, 3.8) is 0 Å². The maximum absolute atomic E-state index is 13.6. The van der Waals surface area contributed by atoms with E-state index in [-0.39, 0.29) is 5.92 Å². The predicted octanol–water partition coefficient (Wildman–Crippen LogP) is 6.93. The first-order chi connectivity index (χ1) is 18.3. The molecule has 0 radical (unpaired) electrons. The molecule has 0 spiro atoms. The van der Waals surface area contributed by atoms with E-state index in [4.69, 9.17) is 9.47 Å². The van der Waals surface area contributed by atoms with Crippen molar-refractivity contribution in [3.8, 4) is 0 Å². The summed E-state index contributed by atoms with van der Waals surface area (Å²) in [6, 6.07) is 34.7. The zero-order valence-electron chi connectivity index (χ0n) is 21.8. The minimum Gasteiger partial charge on any atom is -0.454 e. The summed E-state index contributed by atoms with van der Waals surface area (Å²) >= 11 is 0. The first kappa shape index (κ1) is 24.2. The van der Waals surface area contributed by atoms with Crippen LogP contribution in [-0.4, -0.2) is 24.1 Å². The molecule has 4 aromatic carbocycles. The Hall–Kier alpha value is -4.18. The maximum atomic E-state index is 13.6. The smallest absolute Gasteiger partial charge is 0.338 e. The third-order valence-electron chi connectivity index (χ3n) is 8.17. The van der Waals surface area contributed by atoms with Gasteiger partial charge in [0.25, 0.3) is 0 Å². The second-order valence-electron chi connectivity index (χ2n) is 11.1. The predicted molar refractivity (Wildman–Crippen MR) is 146 cm³/mol. The fourth-order valence-electron chi connectivity index (χ4n) is 6.69. The van der Waals surface area contributed by atoms with Gasteiger partial charge in [0, 0.05) is 0 Å². The van der Waals surface area contributed by atoms with Crippen molar-refractivity contribution < 1.29 is 19.1 Å². The molecule has 0 saturated carbocycles. The Morgan fingerprint density at radius 3 is 1.50 bits per heavy atom. The number of carbonyl (C=O) groups is 2. The molecule has 38 heavy (non-hydrogen) atoms. The molecule has 0 aromatic heterocycles. The zero-order valence-corrected chi connectivity index (χ0v) is 21.8. The second kappa shape index (κ2) is 8.98. The Morgan fingerprint density at radius 2 is 1.03 bits per heavy atom. The van der Waals surface area contributed by atoms with E-state index in [0.717, 1.165) is 22.3 Å². The highest BCUT2D eigenvalue weighted by Gasteiger charge is 2.66. The van der Waals surface area contributed by atoms with Gasteiger partial charge in [-0.3, -0.25) is 0 Å². The van der Waals surface area contributed by atoms with Crippen molar-refractivity contribution in [2.45, 2.75) is 44.3 Å². The molecule has 7 rings (SSSR count). The number of hydrogen-bond donors (Lipinski definition) is 0. The van der Waals surface area contributed by atoms with Gasteiger partial charge >= 0.3 is 11.9 Å². The fourth-order valence-corrected chi connectivity index (χ4v) is 6.69. The minimum absolute atomic E-state index is 0.270. The third-order valence-corrected chi connectivity index (χ3v) is 8.17. The van der Waals surface area contributed by atoms with Crippen molar-refractivity contribution in [1.29, 1.82) is 0 Å². The van der Waals surface area contributed by atoms with E-state index in [1.165, 1.54) is 0 Å². The Balaban J connectivity index is 1.58. The van der Waals surface area contributed by atoms with E-state index < -0.39 is 35.0 Å². The molecule has 4 heteroatoms. The minimum atomic E-state index is -0.749. The van der Waals surface area contributed by atoms with E-state index in [1.807, 2.05) is 60.7 Å². The number of hydrogen-bond acceptors (Lipinski definition) is 4. The highest BCUT2D eigenvalue weighted by Crippen LogP contribution is 2.64. The number of fused-ring (bicyclic) bond motifs is 1. The molecule has 0 fully saturated rings. The molecule has 0 amide bonds. The molecule has 190 valence electrons. The molecule has 0 N–H and O–H groups in total. The highest BCUT2D eigenvalue weighted by atomic mass is 16.6. The van der Waals surface area contributed by atoms with E-state index in [1.54, 1.807) is 24.3 Å². The van der Waals surface area contributed by atoms with Crippen LogP contribution in [0.15, 0.2) is 109 Å². The number of carbonyl (C=O) groups excluding carboxylic acids is 2. The highest BCUT2D eigenvalue weighted by molar-refractivity contribution is 5.91. The molecular formula is C34H30O4. The number of ether oxygens (including phenoxy) is 2. The lowest BCUT2D eigenvalue weighted by atomic mass is 9.45. The largest absolute Gasteiger partial charge is 0.454 e. The van der Waals surface area contributed by atoms with Crippen molar-refractivity contribution in [3.05, 3.63) is 143 Å². The molecule has 3 aliphatic carbocycles. The van der Waals surface area contributed by atoms with Crippen LogP contribution in [0.3, 0.4) is 0 Å². The lowest BCUT2D eigenvalue weighted by molar-refractivity contribution is -0.0987. The van der Waals surface area contributed by atoms with Crippen molar-refractivity contribution in [2.24, 2.45) is 5.41 Å². The lowest BCUT2D eigenvalue weighted by Crippen LogP contribution is -2.65. The van der Waals surface area contributed by atoms with Crippen LogP contribution in [0, 0.1) is 5.41 Å². The molecule has 2 bridgehead atoms. The number of benzene rings is 4. The monoisotopic (exact) mass is 502 g/mol. The number of esters is 2. The van der Waals surface area contributed by atoms with E-state index in [9.17, 15) is 9.59 Å². The van der Waals surface area contributed by atoms with Gasteiger partial charge in [-0.25, -0.2) is 9.59 Å². The molecule has 2 atom stereocenters. The summed E-state index contributed by atoms with van der Waals surface area (Å²) < 4.78 is 12.9. The van der Waals surface area contributed by atoms with Crippen LogP contribution in [0.1, 0.15) is 69.7 Å². The van der Waals surface area contributed by atoms with Crippen LogP contribution in [0.5, 0.6) is 0 Å². The molecule has 4 aromatic rings. The summed E-state index contributed by atoms with van der Waals surface area (Å²) in [5, 5.41) is 0. The van der Waals surface area contributed by atoms with Crippen LogP contribution in [0.4, 0.5) is 0 Å². The molecular weight excluding hydrogens is 472 g/mol. The van der Waals surface area contributed by atoms with Gasteiger partial charge < -0.3 is 9.47 Å². The molecule has 0 aliphatic heterocycles. The van der Waals surface area contributed by atoms with Gasteiger partial charge in [0.05, 0.1) is 22.5 Å². The van der Waals surface area contributed by atoms with Gasteiger partial charge in [-0.15, -0.1) is 0 Å². The topological polar surface area (TPSA) is 52.6 Å². The van der Waals surface area contributed by atoms with E-state index >= 15 is 0 Å². The van der Waals surface area contributed by atoms with Crippen molar-refractivity contribution in [2.75, 3.05) is 0 Å². The van der Waals surface area contributed by atoms with Crippen LogP contribution in [-0.2, 0) is 14.9 Å².